The Morgan fingerprint density at radius 2 is 0.882 bits per heavy atom. The third kappa shape index (κ3) is 4.91. The third-order valence-electron chi connectivity index (χ3n) is 9.22. The van der Waals surface area contributed by atoms with Crippen LogP contribution in [-0.4, -0.2) is 5.78 Å². The number of rotatable bonds is 6. The predicted molar refractivity (Wildman–Crippen MR) is 145 cm³/mol. The van der Waals surface area contributed by atoms with Gasteiger partial charge in [0, 0.05) is 12.8 Å². The Hall–Kier alpha value is -1.89. The zero-order chi connectivity index (χ0) is 24.9. The largest absolute Gasteiger partial charge is 0.300 e. The van der Waals surface area contributed by atoms with Gasteiger partial charge in [-0.3, -0.25) is 4.79 Å². The van der Waals surface area contributed by atoms with Gasteiger partial charge in [-0.25, -0.2) is 0 Å². The van der Waals surface area contributed by atoms with E-state index >= 15 is 0 Å². The van der Waals surface area contributed by atoms with Crippen molar-refractivity contribution in [2.45, 2.75) is 128 Å². The molecular formula is C33H46O. The minimum Gasteiger partial charge on any atom is -0.300 e. The number of hydrogen-bond acceptors (Lipinski definition) is 1. The van der Waals surface area contributed by atoms with Gasteiger partial charge in [0.15, 0.2) is 0 Å². The fourth-order valence-electron chi connectivity index (χ4n) is 6.28. The molecule has 0 amide bonds. The predicted octanol–water partition coefficient (Wildman–Crippen LogP) is 8.52. The minimum atomic E-state index is 0.222. The zero-order valence-electron chi connectivity index (χ0n) is 23.0. The monoisotopic (exact) mass is 458 g/mol. The molecule has 0 atom stereocenters. The molecule has 1 heteroatoms. The first kappa shape index (κ1) is 25.2. The number of ketones is 1. The highest BCUT2D eigenvalue weighted by atomic mass is 16.1. The maximum absolute atomic E-state index is 12.8. The van der Waals surface area contributed by atoms with E-state index in [1.165, 1.54) is 59.1 Å². The summed E-state index contributed by atoms with van der Waals surface area (Å²) in [4.78, 5) is 12.8. The van der Waals surface area contributed by atoms with E-state index in [0.29, 0.717) is 18.6 Å². The van der Waals surface area contributed by atoms with Crippen molar-refractivity contribution in [1.29, 1.82) is 0 Å². The second-order valence-corrected chi connectivity index (χ2v) is 13.8. The van der Waals surface area contributed by atoms with E-state index in [4.69, 9.17) is 0 Å². The van der Waals surface area contributed by atoms with Gasteiger partial charge in [0.1, 0.15) is 5.78 Å². The highest BCUT2D eigenvalue weighted by molar-refractivity contribution is 5.79. The first-order chi connectivity index (χ1) is 15.7. The zero-order valence-corrected chi connectivity index (χ0v) is 23.0. The summed E-state index contributed by atoms with van der Waals surface area (Å²) in [5.41, 5.74) is 9.55. The molecule has 0 unspecified atom stereocenters. The Kier molecular flexibility index (Phi) is 6.41. The third-order valence-corrected chi connectivity index (χ3v) is 9.22. The van der Waals surface area contributed by atoms with Gasteiger partial charge < -0.3 is 0 Å². The van der Waals surface area contributed by atoms with E-state index in [0.717, 1.165) is 12.8 Å². The second-order valence-electron chi connectivity index (χ2n) is 13.8. The van der Waals surface area contributed by atoms with Crippen molar-refractivity contribution in [3.63, 3.8) is 0 Å². The number of benzene rings is 2. The van der Waals surface area contributed by atoms with Crippen LogP contribution in [0.5, 0.6) is 0 Å². The Morgan fingerprint density at radius 3 is 1.24 bits per heavy atom. The van der Waals surface area contributed by atoms with Crippen LogP contribution in [-0.2, 0) is 39.3 Å². The fourth-order valence-corrected chi connectivity index (χ4v) is 6.28. The molecule has 0 N–H and O–H groups in total. The van der Waals surface area contributed by atoms with Crippen molar-refractivity contribution in [2.75, 3.05) is 0 Å². The molecule has 2 aromatic rings. The highest BCUT2D eigenvalue weighted by Crippen LogP contribution is 2.47. The lowest BCUT2D eigenvalue weighted by atomic mass is 9.63. The average Bonchev–Trinajstić information content (AvgIpc) is 2.77. The van der Waals surface area contributed by atoms with E-state index in [1.54, 1.807) is 0 Å². The van der Waals surface area contributed by atoms with Crippen molar-refractivity contribution in [3.8, 4) is 0 Å². The number of aryl methyl sites for hydroxylation is 2. The smallest absolute Gasteiger partial charge is 0.133 e. The van der Waals surface area contributed by atoms with Crippen molar-refractivity contribution in [2.24, 2.45) is 0 Å². The molecule has 0 radical (unpaired) electrons. The van der Waals surface area contributed by atoms with E-state index in [1.807, 2.05) is 0 Å². The number of carbonyl (C=O) groups is 1. The maximum atomic E-state index is 12.8. The molecule has 0 bridgehead atoms. The topological polar surface area (TPSA) is 17.1 Å². The molecule has 0 saturated carbocycles. The first-order valence-electron chi connectivity index (χ1n) is 13.5. The van der Waals surface area contributed by atoms with Crippen LogP contribution in [0.25, 0.3) is 0 Å². The lowest BCUT2D eigenvalue weighted by Gasteiger charge is -2.42. The second kappa shape index (κ2) is 8.65. The molecule has 2 aromatic carbocycles. The molecule has 0 aromatic heterocycles. The molecule has 0 aliphatic heterocycles. The number of carbonyl (C=O) groups excluding carboxylic acids is 1. The molecule has 184 valence electrons. The highest BCUT2D eigenvalue weighted by Gasteiger charge is 2.38. The van der Waals surface area contributed by atoms with Gasteiger partial charge in [0.05, 0.1) is 0 Å². The van der Waals surface area contributed by atoms with Crippen molar-refractivity contribution < 1.29 is 4.79 Å². The summed E-state index contributed by atoms with van der Waals surface area (Å²) in [5, 5.41) is 0. The van der Waals surface area contributed by atoms with Crippen molar-refractivity contribution >= 4 is 5.78 Å². The summed E-state index contributed by atoms with van der Waals surface area (Å²) in [6.07, 6.45) is 7.93. The van der Waals surface area contributed by atoms with E-state index < -0.39 is 0 Å². The Bertz CT molecular complexity index is 994. The molecule has 2 aliphatic carbocycles. The normalized spacial score (nSPS) is 21.4. The van der Waals surface area contributed by atoms with Crippen LogP contribution >= 0.6 is 0 Å². The van der Waals surface area contributed by atoms with E-state index in [2.05, 4.69) is 91.8 Å². The molecule has 4 rings (SSSR count). The Morgan fingerprint density at radius 1 is 0.559 bits per heavy atom. The Labute approximate surface area is 208 Å². The van der Waals surface area contributed by atoms with Crippen LogP contribution in [0.1, 0.15) is 127 Å². The lowest BCUT2D eigenvalue weighted by molar-refractivity contribution is -0.119. The van der Waals surface area contributed by atoms with E-state index in [9.17, 15) is 4.79 Å². The molecule has 0 heterocycles. The van der Waals surface area contributed by atoms with Gasteiger partial charge in [-0.05, 0) is 93.6 Å². The average molecular weight is 459 g/mol. The summed E-state index contributed by atoms with van der Waals surface area (Å²) in [7, 11) is 0. The van der Waals surface area contributed by atoms with Gasteiger partial charge in [0.25, 0.3) is 0 Å². The number of hydrogen-bond donors (Lipinski definition) is 0. The summed E-state index contributed by atoms with van der Waals surface area (Å²) in [5.74, 6) is 0.384. The van der Waals surface area contributed by atoms with Crippen molar-refractivity contribution in [3.05, 3.63) is 69.8 Å². The molecule has 1 nitrogen and oxygen atoms in total. The Balaban J connectivity index is 1.40. The molecular weight excluding hydrogens is 412 g/mol. The minimum absolute atomic E-state index is 0.222. The van der Waals surface area contributed by atoms with Crippen LogP contribution in [0.3, 0.4) is 0 Å². The van der Waals surface area contributed by atoms with Crippen LogP contribution < -0.4 is 0 Å². The molecule has 2 aliphatic rings. The first-order valence-corrected chi connectivity index (χ1v) is 13.5. The molecule has 0 spiro atoms. The molecule has 34 heavy (non-hydrogen) atoms. The van der Waals surface area contributed by atoms with Gasteiger partial charge in [-0.1, -0.05) is 91.8 Å². The number of Topliss-reactive ketones (excluding diaryl/α,β-unsaturated/α-hetero) is 1. The SMILES string of the molecule is CC1(C)CCC(C)(C)c2cc(CCC(=O)CCc3ccc4c(c3)C(C)(C)CCC4(C)C)ccc21. The van der Waals surface area contributed by atoms with Crippen molar-refractivity contribution in [1.82, 2.24) is 0 Å². The van der Waals surface area contributed by atoms with E-state index in [-0.39, 0.29) is 21.7 Å². The van der Waals surface area contributed by atoms with Gasteiger partial charge in [-0.2, -0.15) is 0 Å². The summed E-state index contributed by atoms with van der Waals surface area (Å²) >= 11 is 0. The van der Waals surface area contributed by atoms with Gasteiger partial charge in [0.2, 0.25) is 0 Å². The lowest BCUT2D eigenvalue weighted by Crippen LogP contribution is -2.33. The molecule has 0 saturated heterocycles. The quantitative estimate of drug-likeness (QED) is 0.424. The van der Waals surface area contributed by atoms with Crippen LogP contribution in [0, 0.1) is 0 Å². The van der Waals surface area contributed by atoms with Crippen LogP contribution in [0.4, 0.5) is 0 Å². The van der Waals surface area contributed by atoms with Crippen LogP contribution in [0.15, 0.2) is 36.4 Å². The number of fused-ring (bicyclic) bond motifs is 2. The fraction of sp³-hybridized carbons (Fsp3) is 0.606. The maximum Gasteiger partial charge on any atom is 0.133 e. The van der Waals surface area contributed by atoms with Gasteiger partial charge in [-0.15, -0.1) is 0 Å². The standard InChI is InChI=1S/C33H46O/c1-30(2)17-19-32(5,6)28-21-23(11-15-26(28)30)9-13-25(34)14-10-24-12-16-27-29(22-24)33(7,8)20-18-31(27,3)4/h11-12,15-16,21-22H,9-10,13-14,17-20H2,1-8H3. The van der Waals surface area contributed by atoms with Gasteiger partial charge >= 0.3 is 0 Å². The summed E-state index contributed by atoms with van der Waals surface area (Å²) in [6.45, 7) is 19.0. The summed E-state index contributed by atoms with van der Waals surface area (Å²) in [6, 6.07) is 14.0. The summed E-state index contributed by atoms with van der Waals surface area (Å²) < 4.78 is 0. The molecule has 0 fully saturated rings. The van der Waals surface area contributed by atoms with Crippen LogP contribution in [0.2, 0.25) is 0 Å².